The number of rotatable bonds is 57. The highest BCUT2D eigenvalue weighted by molar-refractivity contribution is 5.71. The van der Waals surface area contributed by atoms with E-state index in [9.17, 15) is 14.4 Å². The maximum absolute atomic E-state index is 12.9. The molecule has 1 atom stereocenters. The molecule has 422 valence electrons. The van der Waals surface area contributed by atoms with Crippen LogP contribution >= 0.6 is 0 Å². The van der Waals surface area contributed by atoms with Gasteiger partial charge in [-0.15, -0.1) is 0 Å². The normalized spacial score (nSPS) is 12.5. The lowest BCUT2D eigenvalue weighted by Crippen LogP contribution is -2.30. The molecule has 0 aromatic heterocycles. The third kappa shape index (κ3) is 59.6. The molecule has 0 fully saturated rings. The summed E-state index contributed by atoms with van der Waals surface area (Å²) in [5.41, 5.74) is 0. The lowest BCUT2D eigenvalue weighted by atomic mass is 10.0. The van der Waals surface area contributed by atoms with Gasteiger partial charge in [0.1, 0.15) is 13.2 Å². The van der Waals surface area contributed by atoms with Gasteiger partial charge in [-0.3, -0.25) is 14.4 Å². The van der Waals surface area contributed by atoms with E-state index >= 15 is 0 Å². The highest BCUT2D eigenvalue weighted by Gasteiger charge is 2.19. The Balaban J connectivity index is 4.41. The second kappa shape index (κ2) is 61.4. The van der Waals surface area contributed by atoms with Crippen LogP contribution in [0.2, 0.25) is 0 Å². The van der Waals surface area contributed by atoms with Crippen molar-refractivity contribution in [1.29, 1.82) is 0 Å². The van der Waals surface area contributed by atoms with E-state index in [0.717, 1.165) is 77.0 Å². The van der Waals surface area contributed by atoms with Gasteiger partial charge in [0.05, 0.1) is 0 Å². The van der Waals surface area contributed by atoms with Crippen molar-refractivity contribution in [3.8, 4) is 0 Å². The van der Waals surface area contributed by atoms with Gasteiger partial charge in [0.15, 0.2) is 6.10 Å². The molecule has 0 bridgehead atoms. The number of carbonyl (C=O) groups excluding carboxylic acids is 3. The van der Waals surface area contributed by atoms with Gasteiger partial charge < -0.3 is 14.2 Å². The first-order valence-corrected chi connectivity index (χ1v) is 31.4. The van der Waals surface area contributed by atoms with Crippen LogP contribution in [-0.4, -0.2) is 37.2 Å². The molecule has 0 aromatic rings. The van der Waals surface area contributed by atoms with E-state index in [1.165, 1.54) is 193 Å². The molecule has 0 aliphatic heterocycles. The number of ether oxygens (including phenoxy) is 3. The summed E-state index contributed by atoms with van der Waals surface area (Å²) in [5, 5.41) is 0. The summed E-state index contributed by atoms with van der Waals surface area (Å²) >= 11 is 0. The molecule has 0 saturated heterocycles. The molecule has 0 rings (SSSR count). The summed E-state index contributed by atoms with van der Waals surface area (Å²) in [6.07, 6.45) is 79.1. The largest absolute Gasteiger partial charge is 0.462 e. The third-order valence-electron chi connectivity index (χ3n) is 13.7. The molecule has 0 saturated carbocycles. The van der Waals surface area contributed by atoms with E-state index in [1.54, 1.807) is 0 Å². The van der Waals surface area contributed by atoms with Crippen LogP contribution in [0.5, 0.6) is 0 Å². The fraction of sp³-hybridized carbons (Fsp3) is 0.776. The van der Waals surface area contributed by atoms with E-state index in [4.69, 9.17) is 14.2 Å². The summed E-state index contributed by atoms with van der Waals surface area (Å²) in [6, 6.07) is 0. The molecular formula is C67H118O6. The average molecular weight is 1020 g/mol. The lowest BCUT2D eigenvalue weighted by Gasteiger charge is -2.18. The Morgan fingerprint density at radius 1 is 0.288 bits per heavy atom. The van der Waals surface area contributed by atoms with Crippen molar-refractivity contribution in [2.75, 3.05) is 13.2 Å². The van der Waals surface area contributed by atoms with Crippen molar-refractivity contribution in [3.63, 3.8) is 0 Å². The molecular weight excluding hydrogens is 901 g/mol. The topological polar surface area (TPSA) is 78.9 Å². The maximum atomic E-state index is 12.9. The van der Waals surface area contributed by atoms with E-state index < -0.39 is 6.10 Å². The number of esters is 3. The fourth-order valence-electron chi connectivity index (χ4n) is 9.00. The SMILES string of the molecule is CC/C=C\C/C=C\C/C=C\C/C=C\C/C=C\CCCC(=O)OC[C@H](COC(=O)CCCCCCCCCCCCCCCCCCC)OC(=O)CCCCCCCCCCCCC/C=C\CCCCCCCC. The van der Waals surface area contributed by atoms with Crippen molar-refractivity contribution in [3.05, 3.63) is 72.9 Å². The second-order valence-electron chi connectivity index (χ2n) is 20.9. The van der Waals surface area contributed by atoms with Crippen LogP contribution in [-0.2, 0) is 28.6 Å². The molecule has 0 amide bonds. The van der Waals surface area contributed by atoms with Crippen molar-refractivity contribution < 1.29 is 28.6 Å². The first-order chi connectivity index (χ1) is 36.0. The molecule has 0 unspecified atom stereocenters. The third-order valence-corrected chi connectivity index (χ3v) is 13.7. The van der Waals surface area contributed by atoms with Crippen molar-refractivity contribution in [2.45, 2.75) is 322 Å². The zero-order valence-electron chi connectivity index (χ0n) is 48.4. The monoisotopic (exact) mass is 1020 g/mol. The van der Waals surface area contributed by atoms with Gasteiger partial charge in [-0.1, -0.05) is 286 Å². The summed E-state index contributed by atoms with van der Waals surface area (Å²) in [5.74, 6) is -0.936. The van der Waals surface area contributed by atoms with Gasteiger partial charge in [0.25, 0.3) is 0 Å². The Labute approximate surface area is 453 Å². The van der Waals surface area contributed by atoms with Gasteiger partial charge in [0, 0.05) is 19.3 Å². The summed E-state index contributed by atoms with van der Waals surface area (Å²) < 4.78 is 16.9. The Bertz CT molecular complexity index is 1360. The minimum Gasteiger partial charge on any atom is -0.462 e. The van der Waals surface area contributed by atoms with Gasteiger partial charge in [0.2, 0.25) is 0 Å². The van der Waals surface area contributed by atoms with Gasteiger partial charge in [-0.2, -0.15) is 0 Å². The molecule has 0 aliphatic rings. The number of carbonyl (C=O) groups is 3. The predicted octanol–water partition coefficient (Wildman–Crippen LogP) is 21.3. The quantitative estimate of drug-likeness (QED) is 0.0261. The van der Waals surface area contributed by atoms with Crippen molar-refractivity contribution in [1.82, 2.24) is 0 Å². The van der Waals surface area contributed by atoms with Gasteiger partial charge >= 0.3 is 17.9 Å². The summed E-state index contributed by atoms with van der Waals surface area (Å²) in [7, 11) is 0. The Kier molecular flexibility index (Phi) is 58.7. The van der Waals surface area contributed by atoms with Gasteiger partial charge in [-0.25, -0.2) is 0 Å². The fourth-order valence-corrected chi connectivity index (χ4v) is 9.00. The molecule has 0 aliphatic carbocycles. The summed E-state index contributed by atoms with van der Waals surface area (Å²) in [4.78, 5) is 38.3. The van der Waals surface area contributed by atoms with E-state index in [0.29, 0.717) is 19.3 Å². The number of hydrogen-bond donors (Lipinski definition) is 0. The van der Waals surface area contributed by atoms with Crippen molar-refractivity contribution in [2.24, 2.45) is 0 Å². The van der Waals surface area contributed by atoms with Crippen LogP contribution in [0.4, 0.5) is 0 Å². The van der Waals surface area contributed by atoms with Crippen LogP contribution in [0.25, 0.3) is 0 Å². The molecule has 6 nitrogen and oxygen atoms in total. The maximum Gasteiger partial charge on any atom is 0.306 e. The first-order valence-electron chi connectivity index (χ1n) is 31.4. The Hall–Kier alpha value is -3.15. The van der Waals surface area contributed by atoms with E-state index in [1.807, 2.05) is 0 Å². The second-order valence-corrected chi connectivity index (χ2v) is 20.9. The predicted molar refractivity (Wildman–Crippen MR) is 316 cm³/mol. The van der Waals surface area contributed by atoms with Crippen molar-refractivity contribution >= 4 is 17.9 Å². The smallest absolute Gasteiger partial charge is 0.306 e. The van der Waals surface area contributed by atoms with Crippen LogP contribution in [0.15, 0.2) is 72.9 Å². The van der Waals surface area contributed by atoms with Crippen LogP contribution in [0.1, 0.15) is 316 Å². The Morgan fingerprint density at radius 3 is 0.904 bits per heavy atom. The standard InChI is InChI=1S/C67H118O6/c1-4-7-10-13-16-19-22-25-28-31-32-33-34-37-40-43-46-49-52-55-58-61-67(70)73-64(62-71-65(68)59-56-53-50-47-44-41-38-35-29-26-23-20-17-14-11-8-5-2)63-72-66(69)60-57-54-51-48-45-42-39-36-30-27-24-21-18-15-12-9-6-3/h8,11,17,20,25-26,28-29,38,41,47,50,64H,4-7,9-10,12-16,18-19,21-24,27,30-37,39-40,42-46,48-49,51-63H2,1-3H3/b11-8-,20-17-,28-25-,29-26-,41-38-,50-47-/t64-/m1/s1. The number of unbranched alkanes of at least 4 members (excludes halogenated alkanes) is 34. The first kappa shape index (κ1) is 69.8. The van der Waals surface area contributed by atoms with Crippen LogP contribution in [0, 0.1) is 0 Å². The van der Waals surface area contributed by atoms with Crippen LogP contribution in [0.3, 0.4) is 0 Å². The summed E-state index contributed by atoms with van der Waals surface area (Å²) in [6.45, 7) is 6.52. The highest BCUT2D eigenvalue weighted by Crippen LogP contribution is 2.17. The van der Waals surface area contributed by atoms with E-state index in [-0.39, 0.29) is 37.5 Å². The highest BCUT2D eigenvalue weighted by atomic mass is 16.6. The zero-order chi connectivity index (χ0) is 52.9. The number of allylic oxidation sites excluding steroid dienone is 12. The minimum absolute atomic E-state index is 0.0901. The Morgan fingerprint density at radius 2 is 0.548 bits per heavy atom. The van der Waals surface area contributed by atoms with Gasteiger partial charge in [-0.05, 0) is 83.5 Å². The lowest BCUT2D eigenvalue weighted by molar-refractivity contribution is -0.167. The van der Waals surface area contributed by atoms with E-state index in [2.05, 4.69) is 93.7 Å². The minimum atomic E-state index is -0.798. The van der Waals surface area contributed by atoms with Crippen LogP contribution < -0.4 is 0 Å². The average Bonchev–Trinajstić information content (AvgIpc) is 3.39. The molecule has 0 heterocycles. The molecule has 0 spiro atoms. The molecule has 0 radical (unpaired) electrons. The zero-order valence-corrected chi connectivity index (χ0v) is 48.4. The number of hydrogen-bond acceptors (Lipinski definition) is 6. The molecule has 73 heavy (non-hydrogen) atoms. The molecule has 6 heteroatoms. The molecule has 0 aromatic carbocycles. The molecule has 0 N–H and O–H groups in total.